The number of amides is 2. The molecule has 0 fully saturated rings. The van der Waals surface area contributed by atoms with Crippen molar-refractivity contribution in [3.8, 4) is 0 Å². The molecule has 7 N–H and O–H groups in total. The Hall–Kier alpha value is -1.79. The number of hydrogen-bond acceptors (Lipinski definition) is 4. The predicted molar refractivity (Wildman–Crippen MR) is 50.2 cm³/mol. The van der Waals surface area contributed by atoms with E-state index in [9.17, 15) is 4.79 Å². The molecule has 0 aliphatic rings. The van der Waals surface area contributed by atoms with Crippen LogP contribution in [0.5, 0.6) is 0 Å². The van der Waals surface area contributed by atoms with Gasteiger partial charge in [0.1, 0.15) is 0 Å². The molecule has 70 valence electrons. The molecule has 0 spiro atoms. The zero-order chi connectivity index (χ0) is 9.84. The van der Waals surface area contributed by atoms with E-state index in [-0.39, 0.29) is 0 Å². The molecule has 6 heteroatoms. The maximum Gasteiger partial charge on any atom is 0.350 e. The third kappa shape index (κ3) is 2.08. The molecule has 0 aromatic heterocycles. The van der Waals surface area contributed by atoms with Crippen LogP contribution in [0.2, 0.25) is 0 Å². The van der Waals surface area contributed by atoms with Crippen LogP contribution in [0.3, 0.4) is 0 Å². The summed E-state index contributed by atoms with van der Waals surface area (Å²) >= 11 is 0. The summed E-state index contributed by atoms with van der Waals surface area (Å²) in [6.07, 6.45) is 0. The summed E-state index contributed by atoms with van der Waals surface area (Å²) in [4.78, 5) is 10.9. The van der Waals surface area contributed by atoms with Gasteiger partial charge in [-0.25, -0.2) is 21.5 Å². The van der Waals surface area contributed by atoms with Crippen molar-refractivity contribution in [2.24, 2.45) is 11.7 Å². The Morgan fingerprint density at radius 3 is 2.31 bits per heavy atom. The second kappa shape index (κ2) is 3.74. The first-order valence-corrected chi connectivity index (χ1v) is 3.56. The molecule has 0 saturated carbocycles. The van der Waals surface area contributed by atoms with Gasteiger partial charge in [0.15, 0.2) is 0 Å². The molecule has 0 bridgehead atoms. The normalized spacial score (nSPS) is 9.38. The number of nitrogens with one attached hydrogen (secondary N) is 1. The zero-order valence-corrected chi connectivity index (χ0v) is 6.90. The molecule has 1 rings (SSSR count). The van der Waals surface area contributed by atoms with E-state index in [1.807, 2.05) is 5.43 Å². The second-order valence-electron chi connectivity index (χ2n) is 2.41. The highest BCUT2D eigenvalue weighted by atomic mass is 16.2. The van der Waals surface area contributed by atoms with Gasteiger partial charge in [0, 0.05) is 5.69 Å². The summed E-state index contributed by atoms with van der Waals surface area (Å²) in [5.41, 5.74) is 8.47. The Bertz CT molecular complexity index is 296. The maximum absolute atomic E-state index is 10.9. The van der Waals surface area contributed by atoms with E-state index >= 15 is 0 Å². The first kappa shape index (κ1) is 9.30. The van der Waals surface area contributed by atoms with Crippen molar-refractivity contribution in [2.75, 3.05) is 10.7 Å². The Kier molecular flexibility index (Phi) is 2.68. The maximum atomic E-state index is 10.9. The average molecular weight is 181 g/mol. The molecule has 0 saturated heterocycles. The molecule has 1 aromatic rings. The topological polar surface area (TPSA) is 110 Å². The minimum absolute atomic E-state index is 0.511. The standard InChI is InChI=1S/C7H11N5O/c8-5-1-3-6(4-2-5)12(10)7(13)11-9/h1-4H,8-10H2,(H,11,13). The quantitative estimate of drug-likeness (QED) is 0.203. The first-order valence-electron chi connectivity index (χ1n) is 3.56. The lowest BCUT2D eigenvalue weighted by atomic mass is 10.3. The van der Waals surface area contributed by atoms with Crippen LogP contribution in [0.15, 0.2) is 24.3 Å². The van der Waals surface area contributed by atoms with Gasteiger partial charge in [-0.15, -0.1) is 0 Å². The van der Waals surface area contributed by atoms with Gasteiger partial charge >= 0.3 is 6.03 Å². The highest BCUT2D eigenvalue weighted by molar-refractivity contribution is 5.90. The molecule has 0 radical (unpaired) electrons. The summed E-state index contributed by atoms with van der Waals surface area (Å²) in [7, 11) is 0. The van der Waals surface area contributed by atoms with Crippen LogP contribution in [-0.4, -0.2) is 6.03 Å². The molecule has 0 heterocycles. The van der Waals surface area contributed by atoms with Gasteiger partial charge < -0.3 is 5.73 Å². The number of hydrogen-bond donors (Lipinski definition) is 4. The van der Waals surface area contributed by atoms with E-state index in [4.69, 9.17) is 17.4 Å². The molecule has 6 nitrogen and oxygen atoms in total. The number of carbonyl (C=O) groups excluding carboxylic acids is 1. The van der Waals surface area contributed by atoms with Gasteiger partial charge in [0.25, 0.3) is 0 Å². The summed E-state index contributed by atoms with van der Waals surface area (Å²) < 4.78 is 0. The third-order valence-electron chi connectivity index (χ3n) is 1.51. The lowest BCUT2D eigenvalue weighted by Gasteiger charge is -2.15. The fourth-order valence-corrected chi connectivity index (χ4v) is 0.822. The van der Waals surface area contributed by atoms with Gasteiger partial charge in [-0.05, 0) is 24.3 Å². The van der Waals surface area contributed by atoms with Crippen LogP contribution in [0.1, 0.15) is 0 Å². The third-order valence-corrected chi connectivity index (χ3v) is 1.51. The first-order chi connectivity index (χ1) is 6.15. The summed E-state index contributed by atoms with van der Waals surface area (Å²) in [6, 6.07) is 5.91. The number of nitrogens with zero attached hydrogens (tertiary/aromatic N) is 1. The SMILES string of the molecule is NNC(=O)N(N)c1ccc(N)cc1. The molecule has 0 aliphatic carbocycles. The van der Waals surface area contributed by atoms with Crippen molar-refractivity contribution >= 4 is 17.4 Å². The van der Waals surface area contributed by atoms with E-state index in [2.05, 4.69) is 0 Å². The Morgan fingerprint density at radius 1 is 1.31 bits per heavy atom. The van der Waals surface area contributed by atoms with Crippen molar-refractivity contribution in [2.45, 2.75) is 0 Å². The van der Waals surface area contributed by atoms with Gasteiger partial charge in [0.05, 0.1) is 5.69 Å². The molecule has 2 amide bonds. The lowest BCUT2D eigenvalue weighted by Crippen LogP contribution is -2.47. The minimum Gasteiger partial charge on any atom is -0.399 e. The molecule has 1 aromatic carbocycles. The Labute approximate surface area is 75.2 Å². The van der Waals surface area contributed by atoms with E-state index in [1.165, 1.54) is 0 Å². The average Bonchev–Trinajstić information content (AvgIpc) is 2.17. The Balaban J connectivity index is 2.83. The van der Waals surface area contributed by atoms with E-state index in [0.29, 0.717) is 11.4 Å². The fourth-order valence-electron chi connectivity index (χ4n) is 0.822. The smallest absolute Gasteiger partial charge is 0.350 e. The van der Waals surface area contributed by atoms with E-state index in [1.54, 1.807) is 24.3 Å². The van der Waals surface area contributed by atoms with E-state index < -0.39 is 6.03 Å². The Morgan fingerprint density at radius 2 is 1.85 bits per heavy atom. The minimum atomic E-state index is -0.593. The van der Waals surface area contributed by atoms with Gasteiger partial charge in [-0.3, -0.25) is 5.43 Å². The summed E-state index contributed by atoms with van der Waals surface area (Å²) in [6.45, 7) is 0. The number of hydrazine groups is 2. The number of rotatable bonds is 1. The number of anilines is 2. The number of nitrogens with two attached hydrogens (primary N) is 3. The van der Waals surface area contributed by atoms with Gasteiger partial charge in [0.2, 0.25) is 0 Å². The number of carbonyl (C=O) groups is 1. The summed E-state index contributed by atoms with van der Waals surface area (Å²) in [5, 5.41) is 0.888. The highest BCUT2D eigenvalue weighted by Gasteiger charge is 2.08. The summed E-state index contributed by atoms with van der Waals surface area (Å²) in [5.74, 6) is 10.3. The molecule has 13 heavy (non-hydrogen) atoms. The fraction of sp³-hybridized carbons (Fsp3) is 0. The van der Waals surface area contributed by atoms with Crippen LogP contribution < -0.4 is 27.9 Å². The monoisotopic (exact) mass is 181 g/mol. The number of benzene rings is 1. The molecular weight excluding hydrogens is 170 g/mol. The molecule has 0 unspecified atom stereocenters. The molecular formula is C7H11N5O. The van der Waals surface area contributed by atoms with Crippen molar-refractivity contribution in [3.05, 3.63) is 24.3 Å². The van der Waals surface area contributed by atoms with E-state index in [0.717, 1.165) is 5.01 Å². The lowest BCUT2D eigenvalue weighted by molar-refractivity contribution is 0.246. The van der Waals surface area contributed by atoms with Crippen molar-refractivity contribution in [1.29, 1.82) is 0 Å². The zero-order valence-electron chi connectivity index (χ0n) is 6.90. The van der Waals surface area contributed by atoms with Crippen molar-refractivity contribution < 1.29 is 4.79 Å². The molecule has 0 aliphatic heterocycles. The van der Waals surface area contributed by atoms with Gasteiger partial charge in [-0.2, -0.15) is 0 Å². The second-order valence-corrected chi connectivity index (χ2v) is 2.41. The van der Waals surface area contributed by atoms with Crippen LogP contribution >= 0.6 is 0 Å². The highest BCUT2D eigenvalue weighted by Crippen LogP contribution is 2.12. The van der Waals surface area contributed by atoms with Gasteiger partial charge in [-0.1, -0.05) is 0 Å². The van der Waals surface area contributed by atoms with Crippen molar-refractivity contribution in [3.63, 3.8) is 0 Å². The van der Waals surface area contributed by atoms with Crippen LogP contribution in [0, 0.1) is 0 Å². The van der Waals surface area contributed by atoms with Crippen LogP contribution in [0.4, 0.5) is 16.2 Å². The number of nitrogen functional groups attached to an aromatic ring is 1. The van der Waals surface area contributed by atoms with Crippen molar-refractivity contribution in [1.82, 2.24) is 5.43 Å². The predicted octanol–water partition coefficient (Wildman–Crippen LogP) is -0.468. The van der Waals surface area contributed by atoms with Crippen LogP contribution in [0.25, 0.3) is 0 Å². The van der Waals surface area contributed by atoms with Crippen LogP contribution in [-0.2, 0) is 0 Å². The largest absolute Gasteiger partial charge is 0.399 e. The molecule has 0 atom stereocenters. The number of urea groups is 1.